The topological polar surface area (TPSA) is 0 Å². The van der Waals surface area contributed by atoms with Gasteiger partial charge in [-0.05, 0) is 59.0 Å². The summed E-state index contributed by atoms with van der Waals surface area (Å²) in [6.45, 7) is 14.1. The zero-order valence-electron chi connectivity index (χ0n) is 24.2. The predicted molar refractivity (Wildman–Crippen MR) is 164 cm³/mol. The summed E-state index contributed by atoms with van der Waals surface area (Å²) in [5.41, 5.74) is 9.82. The molecule has 0 fully saturated rings. The minimum absolute atomic E-state index is 0. The van der Waals surface area contributed by atoms with Gasteiger partial charge in [0.1, 0.15) is 0 Å². The first-order valence-electron chi connectivity index (χ1n) is 13.9. The van der Waals surface area contributed by atoms with E-state index in [0.29, 0.717) is 5.92 Å². The SMILES string of the molecule is CC1=C2c3sccc3C1[Si]2(C)C.CCCCCCc1ccc(-c2cccc3[cH-]c(C(C)C)cc23)cc1.[Cl-].[Cl-].[Zr+3]. The molecular weight excluding hydrogens is 631 g/mol. The maximum atomic E-state index is 2.51. The molecule has 4 aromatic rings. The molecule has 0 amide bonds. The van der Waals surface area contributed by atoms with Crippen molar-refractivity contribution in [1.29, 1.82) is 0 Å². The Bertz CT molecular complexity index is 1390. The van der Waals surface area contributed by atoms with Gasteiger partial charge in [-0.25, -0.2) is 0 Å². The van der Waals surface area contributed by atoms with Crippen LogP contribution in [0.2, 0.25) is 13.1 Å². The van der Waals surface area contributed by atoms with Crippen molar-refractivity contribution in [3.63, 3.8) is 0 Å². The van der Waals surface area contributed by atoms with Crippen molar-refractivity contribution in [2.75, 3.05) is 0 Å². The van der Waals surface area contributed by atoms with Gasteiger partial charge in [-0.15, -0.1) is 45.9 Å². The van der Waals surface area contributed by atoms with E-state index in [-0.39, 0.29) is 51.0 Å². The second-order valence-corrected chi connectivity index (χ2v) is 17.1. The molecule has 0 saturated carbocycles. The first-order valence-corrected chi connectivity index (χ1v) is 17.9. The van der Waals surface area contributed by atoms with E-state index in [0.717, 1.165) is 5.54 Å². The summed E-state index contributed by atoms with van der Waals surface area (Å²) < 4.78 is 0. The molecule has 0 spiro atoms. The molecule has 3 aliphatic rings. The first kappa shape index (κ1) is 34.4. The van der Waals surface area contributed by atoms with Crippen LogP contribution >= 0.6 is 11.3 Å². The van der Waals surface area contributed by atoms with Gasteiger partial charge < -0.3 is 24.8 Å². The van der Waals surface area contributed by atoms with Crippen LogP contribution in [0.5, 0.6) is 0 Å². The van der Waals surface area contributed by atoms with Gasteiger partial charge in [0.15, 0.2) is 0 Å². The number of halogens is 2. The zero-order valence-corrected chi connectivity index (χ0v) is 30.0. The molecule has 1 atom stereocenters. The monoisotopic (exact) mass is 669 g/mol. The van der Waals surface area contributed by atoms with Crippen LogP contribution in [-0.4, -0.2) is 8.07 Å². The predicted octanol–water partition coefficient (Wildman–Crippen LogP) is 4.90. The Labute approximate surface area is 273 Å². The fourth-order valence-corrected chi connectivity index (χ4v) is 12.8. The van der Waals surface area contributed by atoms with Crippen LogP contribution < -0.4 is 24.8 Å². The molecule has 1 radical (unpaired) electrons. The number of hydrogen-bond acceptors (Lipinski definition) is 1. The molecule has 0 saturated heterocycles. The zero-order chi connectivity index (χ0) is 25.4. The van der Waals surface area contributed by atoms with E-state index in [2.05, 4.69) is 107 Å². The third-order valence-electron chi connectivity index (χ3n) is 8.45. The Kier molecular flexibility index (Phi) is 12.7. The summed E-state index contributed by atoms with van der Waals surface area (Å²) in [5, 5.41) is 6.77. The summed E-state index contributed by atoms with van der Waals surface area (Å²) in [6, 6.07) is 22.9. The quantitative estimate of drug-likeness (QED) is 0.149. The summed E-state index contributed by atoms with van der Waals surface area (Å²) in [4.78, 5) is 1.63. The minimum Gasteiger partial charge on any atom is -1.00 e. The van der Waals surface area contributed by atoms with Gasteiger partial charge in [-0.3, -0.25) is 0 Å². The first-order chi connectivity index (χ1) is 17.3. The Morgan fingerprint density at radius 2 is 1.67 bits per heavy atom. The second kappa shape index (κ2) is 14.4. The molecule has 3 heterocycles. The maximum Gasteiger partial charge on any atom is 3.00 e. The Hall–Kier alpha value is -0.830. The average molecular weight is 672 g/mol. The molecule has 205 valence electrons. The van der Waals surface area contributed by atoms with E-state index < -0.39 is 8.07 Å². The molecular formula is C34H41Cl2SSiZr. The standard InChI is InChI=1S/C24H29.C10H12SSi.2ClH.Zr/c1-4-5-6-7-9-19-12-14-20(15-13-19)23-11-8-10-21-16-22(18(2)3)17-24(21)23;1-6-9-7-4-5-11-8(7)10(6)12(9,2)3;;;/h8,10-18H,4-7,9H2,1-3H3;4-5,9H,1-3H3;2*1H;/q-1;;;;+3/p-2. The third kappa shape index (κ3) is 6.65. The van der Waals surface area contributed by atoms with Crippen LogP contribution in [0.25, 0.3) is 27.1 Å². The molecule has 0 nitrogen and oxygen atoms in total. The third-order valence-corrected chi connectivity index (χ3v) is 13.7. The van der Waals surface area contributed by atoms with E-state index in [1.165, 1.54) is 65.1 Å². The van der Waals surface area contributed by atoms with Crippen molar-refractivity contribution in [3.05, 3.63) is 93.2 Å². The van der Waals surface area contributed by atoms with Crippen molar-refractivity contribution in [2.45, 2.75) is 84.4 Å². The van der Waals surface area contributed by atoms with Crippen molar-refractivity contribution >= 4 is 35.4 Å². The van der Waals surface area contributed by atoms with Crippen LogP contribution in [0.3, 0.4) is 0 Å². The fraction of sp³-hybridized carbons (Fsp3) is 0.382. The number of benzene rings is 2. The van der Waals surface area contributed by atoms with Crippen LogP contribution in [0, 0.1) is 0 Å². The number of rotatable bonds is 7. The Balaban J connectivity index is 0.000000300. The van der Waals surface area contributed by atoms with Crippen molar-refractivity contribution in [1.82, 2.24) is 0 Å². The van der Waals surface area contributed by atoms with Gasteiger partial charge in [-0.1, -0.05) is 94.6 Å². The fourth-order valence-electron chi connectivity index (χ4n) is 6.55. The Morgan fingerprint density at radius 3 is 2.28 bits per heavy atom. The van der Waals surface area contributed by atoms with Gasteiger partial charge in [0, 0.05) is 10.4 Å². The molecule has 7 rings (SSSR count). The number of aryl methyl sites for hydroxylation is 1. The van der Waals surface area contributed by atoms with Crippen LogP contribution in [0.1, 0.15) is 86.4 Å². The van der Waals surface area contributed by atoms with Crippen LogP contribution in [0.15, 0.2) is 71.6 Å². The largest absolute Gasteiger partial charge is 3.00 e. The van der Waals surface area contributed by atoms with E-state index >= 15 is 0 Å². The number of allylic oxidation sites excluding steroid dienone is 1. The van der Waals surface area contributed by atoms with Gasteiger partial charge >= 0.3 is 26.2 Å². The van der Waals surface area contributed by atoms with E-state index in [1.807, 2.05) is 11.3 Å². The van der Waals surface area contributed by atoms with E-state index in [4.69, 9.17) is 0 Å². The normalized spacial score (nSPS) is 15.9. The summed E-state index contributed by atoms with van der Waals surface area (Å²) >= 11 is 1.94. The average Bonchev–Trinajstić information content (AvgIpc) is 3.59. The number of fused-ring (bicyclic) bond motifs is 1. The molecule has 2 aliphatic heterocycles. The number of hydrogen-bond donors (Lipinski definition) is 0. The minimum atomic E-state index is -0.972. The molecule has 0 N–H and O–H groups in total. The molecule has 2 bridgehead atoms. The van der Waals surface area contributed by atoms with Crippen molar-refractivity contribution < 1.29 is 51.0 Å². The molecule has 1 aromatic heterocycles. The van der Waals surface area contributed by atoms with Crippen LogP contribution in [-0.2, 0) is 32.6 Å². The van der Waals surface area contributed by atoms with Crippen molar-refractivity contribution in [3.8, 4) is 11.1 Å². The van der Waals surface area contributed by atoms with Gasteiger partial charge in [0.2, 0.25) is 0 Å². The smallest absolute Gasteiger partial charge is 1.00 e. The number of unbranched alkanes of at least 4 members (excludes halogenated alkanes) is 3. The summed E-state index contributed by atoms with van der Waals surface area (Å²) in [7, 11) is -0.972. The number of thiophene rings is 1. The summed E-state index contributed by atoms with van der Waals surface area (Å²) in [5.74, 6) is 0.579. The van der Waals surface area contributed by atoms with E-state index in [1.54, 1.807) is 21.2 Å². The van der Waals surface area contributed by atoms with E-state index in [9.17, 15) is 0 Å². The summed E-state index contributed by atoms with van der Waals surface area (Å²) in [6.07, 6.45) is 6.53. The van der Waals surface area contributed by atoms with Gasteiger partial charge in [0.25, 0.3) is 0 Å². The molecule has 5 heteroatoms. The molecule has 1 unspecified atom stereocenters. The molecule has 39 heavy (non-hydrogen) atoms. The van der Waals surface area contributed by atoms with Gasteiger partial charge in [0.05, 0.1) is 8.07 Å². The molecule has 3 aromatic carbocycles. The second-order valence-electron chi connectivity index (χ2n) is 11.7. The molecule has 1 aliphatic carbocycles. The van der Waals surface area contributed by atoms with Gasteiger partial charge in [-0.2, -0.15) is 6.07 Å². The Morgan fingerprint density at radius 1 is 0.949 bits per heavy atom. The van der Waals surface area contributed by atoms with Crippen molar-refractivity contribution in [2.24, 2.45) is 0 Å². The maximum absolute atomic E-state index is 2.51. The van der Waals surface area contributed by atoms with Crippen LogP contribution in [0.4, 0.5) is 0 Å².